The van der Waals surface area contributed by atoms with Crippen molar-refractivity contribution in [2.75, 3.05) is 6.67 Å². The predicted octanol–water partition coefficient (Wildman–Crippen LogP) is 10.7. The quantitative estimate of drug-likeness (QED) is 0.245. The highest BCUT2D eigenvalue weighted by Gasteiger charge is 2.70. The van der Waals surface area contributed by atoms with Gasteiger partial charge in [0.05, 0.1) is 5.41 Å². The van der Waals surface area contributed by atoms with Crippen LogP contribution in [-0.4, -0.2) is 18.2 Å². The highest BCUT2D eigenvalue weighted by Crippen LogP contribution is 2.76. The zero-order valence-corrected chi connectivity index (χ0v) is 30.8. The van der Waals surface area contributed by atoms with Gasteiger partial charge in [0.25, 0.3) is 0 Å². The van der Waals surface area contributed by atoms with Gasteiger partial charge in [0.2, 0.25) is 0 Å². The first kappa shape index (κ1) is 34.3. The normalized spacial score (nSPS) is 44.6. The Bertz CT molecular complexity index is 1510. The third-order valence-corrected chi connectivity index (χ3v) is 16.6. The van der Waals surface area contributed by atoms with Crippen LogP contribution in [-0.2, 0) is 16.1 Å². The Morgan fingerprint density at radius 2 is 1.65 bits per heavy atom. The summed E-state index contributed by atoms with van der Waals surface area (Å²) in [5.41, 5.74) is 12.2. The number of halogens is 1. The Morgan fingerprint density at radius 3 is 2.31 bits per heavy atom. The van der Waals surface area contributed by atoms with Gasteiger partial charge >= 0.3 is 5.97 Å². The molecule has 262 valence electrons. The van der Waals surface area contributed by atoms with Crippen LogP contribution in [0.3, 0.4) is 0 Å². The Labute approximate surface area is 290 Å². The summed E-state index contributed by atoms with van der Waals surface area (Å²) >= 11 is 0. The van der Waals surface area contributed by atoms with Crippen molar-refractivity contribution >= 4 is 5.97 Å². The summed E-state index contributed by atoms with van der Waals surface area (Å²) < 4.78 is 20.3. The molecule has 0 amide bonds. The van der Waals surface area contributed by atoms with E-state index in [1.54, 1.807) is 0 Å². The number of rotatable bonds is 6. The third-order valence-electron chi connectivity index (χ3n) is 16.6. The van der Waals surface area contributed by atoms with E-state index in [9.17, 15) is 9.18 Å². The third kappa shape index (κ3) is 4.84. The van der Waals surface area contributed by atoms with Gasteiger partial charge in [-0.1, -0.05) is 89.3 Å². The number of benzene rings is 1. The number of carbonyl (C=O) groups excluding carboxylic acids is 1. The zero-order valence-electron chi connectivity index (χ0n) is 30.8. The minimum atomic E-state index is -1.07. The molecule has 7 rings (SSSR count). The van der Waals surface area contributed by atoms with Crippen molar-refractivity contribution in [3.8, 4) is 0 Å². The lowest BCUT2D eigenvalue weighted by Gasteiger charge is -2.72. The molecule has 1 aromatic carbocycles. The van der Waals surface area contributed by atoms with Gasteiger partial charge in [-0.25, -0.2) is 4.39 Å². The highest BCUT2D eigenvalue weighted by molar-refractivity contribution is 5.78. The fourth-order valence-corrected chi connectivity index (χ4v) is 13.7. The van der Waals surface area contributed by atoms with Crippen LogP contribution in [0.4, 0.5) is 4.39 Å². The van der Waals surface area contributed by atoms with Gasteiger partial charge < -0.3 is 10.5 Å². The second-order valence-electron chi connectivity index (χ2n) is 18.9. The largest absolute Gasteiger partial charge is 0.460 e. The van der Waals surface area contributed by atoms with E-state index in [1.807, 2.05) is 30.3 Å². The minimum Gasteiger partial charge on any atom is -0.460 e. The SMILES string of the molecule is C=C(C)C1CCC2(N)CCC3(C)C(CCC4C5(C)CC=C(C6=CCC(CF)(C(=O)OCc7ccccc7)CC6)C(C)(C)C5CCC43C)C12. The zero-order chi connectivity index (χ0) is 34.3. The number of nitrogens with two attached hydrogens (primary N) is 1. The van der Waals surface area contributed by atoms with Crippen molar-refractivity contribution in [3.63, 3.8) is 0 Å². The molecule has 3 nitrogen and oxygen atoms in total. The molecule has 0 radical (unpaired) electrons. The predicted molar refractivity (Wildman–Crippen MR) is 194 cm³/mol. The summed E-state index contributed by atoms with van der Waals surface area (Å²) in [6.07, 6.45) is 17.5. The lowest BCUT2D eigenvalue weighted by Crippen LogP contribution is -2.67. The first-order valence-corrected chi connectivity index (χ1v) is 19.3. The van der Waals surface area contributed by atoms with Gasteiger partial charge in [0.15, 0.2) is 0 Å². The monoisotopic (exact) mass is 655 g/mol. The van der Waals surface area contributed by atoms with Crippen molar-refractivity contribution < 1.29 is 13.9 Å². The van der Waals surface area contributed by atoms with E-state index in [0.29, 0.717) is 53.3 Å². The molecular weight excluding hydrogens is 593 g/mol. The van der Waals surface area contributed by atoms with Gasteiger partial charge in [-0.05, 0) is 152 Å². The standard InChI is InChI=1S/C44H62FNO2/c1-29(2)32-17-24-44(46)26-25-41(6)34(37(32)44)13-14-36-40(5)20-18-33(39(3,4)35(40)19-21-42(36,41)7)31-15-22-43(28-45,23-16-31)38(47)48-27-30-11-9-8-10-12-30/h8-12,15,18,32,34-37H,1,13-14,16-17,19-28,46H2,2-7H3. The number of carbonyl (C=O) groups is 1. The molecule has 6 aliphatic rings. The van der Waals surface area contributed by atoms with E-state index in [1.165, 1.54) is 68.1 Å². The van der Waals surface area contributed by atoms with Crippen molar-refractivity contribution in [1.29, 1.82) is 0 Å². The first-order chi connectivity index (χ1) is 22.7. The van der Waals surface area contributed by atoms with E-state index in [0.717, 1.165) is 18.4 Å². The van der Waals surface area contributed by atoms with Crippen molar-refractivity contribution in [2.45, 2.75) is 131 Å². The molecule has 1 aromatic rings. The van der Waals surface area contributed by atoms with E-state index in [2.05, 4.69) is 60.3 Å². The molecule has 0 aromatic heterocycles. The topological polar surface area (TPSA) is 52.3 Å². The van der Waals surface area contributed by atoms with E-state index >= 15 is 0 Å². The molecule has 4 fully saturated rings. The molecule has 10 atom stereocenters. The lowest BCUT2D eigenvalue weighted by atomic mass is 9.33. The van der Waals surface area contributed by atoms with Gasteiger partial charge in [-0.2, -0.15) is 0 Å². The fraction of sp³-hybridized carbons (Fsp3) is 0.705. The summed E-state index contributed by atoms with van der Waals surface area (Å²) in [4.78, 5) is 13.3. The summed E-state index contributed by atoms with van der Waals surface area (Å²) in [6, 6.07) is 9.68. The van der Waals surface area contributed by atoms with Crippen LogP contribution in [0.15, 0.2) is 65.8 Å². The summed E-state index contributed by atoms with van der Waals surface area (Å²) in [5, 5.41) is 0. The molecule has 6 aliphatic carbocycles. The average molecular weight is 656 g/mol. The smallest absolute Gasteiger partial charge is 0.315 e. The Hall–Kier alpha value is -2.20. The number of hydrogen-bond donors (Lipinski definition) is 1. The lowest BCUT2D eigenvalue weighted by molar-refractivity contribution is -0.219. The van der Waals surface area contributed by atoms with Crippen LogP contribution in [0.2, 0.25) is 0 Å². The molecule has 48 heavy (non-hydrogen) atoms. The Morgan fingerprint density at radius 1 is 0.896 bits per heavy atom. The molecule has 2 N–H and O–H groups in total. The molecule has 10 unspecified atom stereocenters. The maximum absolute atomic E-state index is 14.6. The number of esters is 1. The minimum absolute atomic E-state index is 0.00531. The maximum Gasteiger partial charge on any atom is 0.315 e. The van der Waals surface area contributed by atoms with Crippen molar-refractivity contribution in [3.05, 3.63) is 71.3 Å². The molecule has 0 spiro atoms. The van der Waals surface area contributed by atoms with Gasteiger partial charge in [0, 0.05) is 5.54 Å². The number of allylic oxidation sites excluding steroid dienone is 5. The number of alkyl halides is 1. The number of ether oxygens (including phenoxy) is 1. The Kier molecular flexibility index (Phi) is 8.33. The van der Waals surface area contributed by atoms with Gasteiger partial charge in [-0.15, -0.1) is 0 Å². The Balaban J connectivity index is 1.12. The average Bonchev–Trinajstić information content (AvgIpc) is 3.42. The van der Waals surface area contributed by atoms with E-state index < -0.39 is 18.1 Å². The van der Waals surface area contributed by atoms with Crippen molar-refractivity contribution in [1.82, 2.24) is 0 Å². The molecule has 0 aliphatic heterocycles. The second-order valence-corrected chi connectivity index (χ2v) is 18.9. The van der Waals surface area contributed by atoms with Crippen LogP contribution in [0.25, 0.3) is 0 Å². The molecule has 0 bridgehead atoms. The molecule has 4 saturated carbocycles. The summed E-state index contributed by atoms with van der Waals surface area (Å²) in [5.74, 6) is 2.74. The maximum atomic E-state index is 14.6. The fourth-order valence-electron chi connectivity index (χ4n) is 13.7. The molecular formula is C44H62FNO2. The number of fused-ring (bicyclic) bond motifs is 7. The highest BCUT2D eigenvalue weighted by atomic mass is 19.1. The molecule has 0 saturated heterocycles. The van der Waals surface area contributed by atoms with E-state index in [4.69, 9.17) is 10.5 Å². The van der Waals surface area contributed by atoms with E-state index in [-0.39, 0.29) is 23.0 Å². The van der Waals surface area contributed by atoms with Crippen LogP contribution >= 0.6 is 0 Å². The second kappa shape index (κ2) is 11.7. The van der Waals surface area contributed by atoms with Crippen LogP contribution in [0.5, 0.6) is 0 Å². The van der Waals surface area contributed by atoms with Crippen LogP contribution in [0.1, 0.15) is 124 Å². The van der Waals surface area contributed by atoms with Crippen LogP contribution < -0.4 is 5.73 Å². The van der Waals surface area contributed by atoms with Gasteiger partial charge in [0.1, 0.15) is 13.3 Å². The molecule has 4 heteroatoms. The molecule has 0 heterocycles. The van der Waals surface area contributed by atoms with Crippen LogP contribution in [0, 0.1) is 56.7 Å². The summed E-state index contributed by atoms with van der Waals surface area (Å²) in [6.45, 7) is 19.3. The first-order valence-electron chi connectivity index (χ1n) is 19.3. The van der Waals surface area contributed by atoms with Crippen molar-refractivity contribution in [2.24, 2.45) is 62.4 Å². The van der Waals surface area contributed by atoms with Gasteiger partial charge in [-0.3, -0.25) is 4.79 Å². The summed E-state index contributed by atoms with van der Waals surface area (Å²) in [7, 11) is 0. The number of hydrogen-bond acceptors (Lipinski definition) is 3.